The Morgan fingerprint density at radius 3 is 2.81 bits per heavy atom. The molecule has 0 atom stereocenters. The second kappa shape index (κ2) is 10.2. The number of carbonyl (C=O) groups excluding carboxylic acids is 1. The number of pyridine rings is 2. The molecule has 0 aliphatic heterocycles. The van der Waals surface area contributed by atoms with E-state index >= 15 is 0 Å². The summed E-state index contributed by atoms with van der Waals surface area (Å²) in [7, 11) is 0. The number of aromatic nitrogens is 5. The summed E-state index contributed by atoms with van der Waals surface area (Å²) in [5.74, 6) is -0.0273. The number of hydrogen-bond acceptors (Lipinski definition) is 9. The molecule has 3 N–H and O–H groups in total. The number of hydrogen-bond donors (Lipinski definition) is 3. The summed E-state index contributed by atoms with van der Waals surface area (Å²) in [6.07, 6.45) is 1.58. The third-order valence-corrected chi connectivity index (χ3v) is 7.71. The van der Waals surface area contributed by atoms with Crippen LogP contribution in [0, 0.1) is 5.41 Å². The largest absolute Gasteiger partial charge is 0.395 e. The molecule has 1 amide bonds. The molecule has 1 aromatic carbocycles. The molecule has 0 aliphatic rings. The molecule has 5 rings (SSSR count). The van der Waals surface area contributed by atoms with E-state index in [-0.39, 0.29) is 45.9 Å². The average molecular weight is 540 g/mol. The minimum Gasteiger partial charge on any atom is -0.395 e. The van der Waals surface area contributed by atoms with Crippen LogP contribution in [0.1, 0.15) is 15.9 Å². The van der Waals surface area contributed by atoms with Crippen LogP contribution in [0.5, 0.6) is 0 Å². The number of carbonyl (C=O) groups is 1. The van der Waals surface area contributed by atoms with Gasteiger partial charge in [-0.05, 0) is 29.8 Å². The van der Waals surface area contributed by atoms with Gasteiger partial charge in [-0.25, -0.2) is 4.98 Å². The highest BCUT2D eigenvalue weighted by Crippen LogP contribution is 2.30. The molecule has 0 saturated carbocycles. The van der Waals surface area contributed by atoms with Gasteiger partial charge in [-0.3, -0.25) is 24.7 Å². The molecular formula is C23H18ClN7O3S2. The van der Waals surface area contributed by atoms with Gasteiger partial charge in [0.2, 0.25) is 5.13 Å². The Morgan fingerprint density at radius 2 is 2.00 bits per heavy atom. The Labute approximate surface area is 216 Å². The number of nitrogens with one attached hydrogen (secondary N) is 2. The number of rotatable bonds is 7. The third-order valence-electron chi connectivity index (χ3n) is 5.32. The lowest BCUT2D eigenvalue weighted by Gasteiger charge is -2.13. The Balaban J connectivity index is 1.45. The van der Waals surface area contributed by atoms with Crippen molar-refractivity contribution in [3.63, 3.8) is 0 Å². The van der Waals surface area contributed by atoms with Crippen LogP contribution >= 0.6 is 34.7 Å². The smallest absolute Gasteiger partial charge is 0.267 e. The van der Waals surface area contributed by atoms with E-state index in [4.69, 9.17) is 17.0 Å². The van der Waals surface area contributed by atoms with Gasteiger partial charge in [0.05, 0.1) is 17.6 Å². The zero-order valence-electron chi connectivity index (χ0n) is 18.5. The van der Waals surface area contributed by atoms with E-state index in [9.17, 15) is 14.7 Å². The van der Waals surface area contributed by atoms with Crippen LogP contribution in [0.3, 0.4) is 0 Å². The molecule has 0 unspecified atom stereocenters. The predicted octanol–water partition coefficient (Wildman–Crippen LogP) is 3.17. The number of aliphatic hydroxyl groups is 1. The molecule has 36 heavy (non-hydrogen) atoms. The second-order valence-electron chi connectivity index (χ2n) is 7.57. The molecular weight excluding hydrogens is 522 g/mol. The van der Waals surface area contributed by atoms with Crippen molar-refractivity contribution in [1.82, 2.24) is 24.1 Å². The molecule has 182 valence electrons. The van der Waals surface area contributed by atoms with Gasteiger partial charge in [-0.1, -0.05) is 59.0 Å². The van der Waals surface area contributed by atoms with Crippen LogP contribution in [0.15, 0.2) is 63.9 Å². The van der Waals surface area contributed by atoms with Gasteiger partial charge in [0.15, 0.2) is 4.34 Å². The van der Waals surface area contributed by atoms with Crippen molar-refractivity contribution < 1.29 is 9.90 Å². The lowest BCUT2D eigenvalue weighted by Crippen LogP contribution is -2.32. The number of thioether (sulfide) groups is 1. The van der Waals surface area contributed by atoms with Crippen molar-refractivity contribution in [3.8, 4) is 0 Å². The molecule has 0 bridgehead atoms. The molecule has 10 nitrogen and oxygen atoms in total. The van der Waals surface area contributed by atoms with E-state index in [0.29, 0.717) is 20.8 Å². The normalized spacial score (nSPS) is 11.3. The maximum absolute atomic E-state index is 13.1. The SMILES string of the molecule is N=c1c(C(=O)Nc2nnc(SCc3ccccc3Cl)s2)cc2c(=O)n3ccccc3nc2n1CCO. The Bertz CT molecular complexity index is 1730. The summed E-state index contributed by atoms with van der Waals surface area (Å²) in [5, 5.41) is 30.0. The Hall–Kier alpha value is -3.58. The zero-order valence-corrected chi connectivity index (χ0v) is 20.9. The summed E-state index contributed by atoms with van der Waals surface area (Å²) in [6.45, 7) is -0.303. The second-order valence-corrected chi connectivity index (χ2v) is 10.2. The van der Waals surface area contributed by atoms with Crippen molar-refractivity contribution >= 4 is 62.4 Å². The number of halogens is 1. The van der Waals surface area contributed by atoms with E-state index in [0.717, 1.165) is 5.56 Å². The quantitative estimate of drug-likeness (QED) is 0.164. The highest BCUT2D eigenvalue weighted by atomic mass is 35.5. The maximum atomic E-state index is 13.1. The van der Waals surface area contributed by atoms with Gasteiger partial charge in [0, 0.05) is 23.5 Å². The fourth-order valence-corrected chi connectivity index (χ4v) is 5.65. The number of fused-ring (bicyclic) bond motifs is 2. The van der Waals surface area contributed by atoms with Crippen molar-refractivity contribution in [1.29, 1.82) is 5.41 Å². The van der Waals surface area contributed by atoms with Gasteiger partial charge in [-0.15, -0.1) is 10.2 Å². The summed E-state index contributed by atoms with van der Waals surface area (Å²) in [5.41, 5.74) is 0.960. The van der Waals surface area contributed by atoms with E-state index < -0.39 is 5.91 Å². The van der Waals surface area contributed by atoms with Crippen LogP contribution in [0.4, 0.5) is 5.13 Å². The van der Waals surface area contributed by atoms with E-state index in [1.54, 1.807) is 24.4 Å². The standard InChI is InChI=1S/C23H18ClN7O3S2/c24-16-6-2-1-5-13(16)12-35-23-29-28-22(36-23)27-20(33)14-11-15-19(31(9-10-32)18(14)25)26-17-7-3-4-8-30(17)21(15)34/h1-8,11,25,32H,9-10,12H2,(H,27,28,33). The first-order valence-electron chi connectivity index (χ1n) is 10.7. The monoisotopic (exact) mass is 539 g/mol. The van der Waals surface area contributed by atoms with E-state index in [1.807, 2.05) is 24.3 Å². The molecule has 4 aromatic heterocycles. The van der Waals surface area contributed by atoms with Crippen LogP contribution < -0.4 is 16.4 Å². The van der Waals surface area contributed by atoms with Crippen molar-refractivity contribution in [2.24, 2.45) is 0 Å². The Morgan fingerprint density at radius 1 is 1.19 bits per heavy atom. The Kier molecular flexibility index (Phi) is 6.83. The molecule has 0 fully saturated rings. The predicted molar refractivity (Wildman–Crippen MR) is 139 cm³/mol. The lowest BCUT2D eigenvalue weighted by atomic mass is 10.2. The summed E-state index contributed by atoms with van der Waals surface area (Å²) < 4.78 is 3.35. The van der Waals surface area contributed by atoms with Crippen LogP contribution in [0.25, 0.3) is 16.7 Å². The van der Waals surface area contributed by atoms with E-state index in [1.165, 1.54) is 38.1 Å². The minimum absolute atomic E-state index is 0.00641. The van der Waals surface area contributed by atoms with E-state index in [2.05, 4.69) is 20.5 Å². The minimum atomic E-state index is -0.620. The topological polar surface area (TPSA) is 138 Å². The van der Waals surface area contributed by atoms with Crippen molar-refractivity contribution in [2.45, 2.75) is 16.6 Å². The van der Waals surface area contributed by atoms with Gasteiger partial charge < -0.3 is 9.67 Å². The lowest BCUT2D eigenvalue weighted by molar-refractivity contribution is 0.102. The number of anilines is 1. The molecule has 13 heteroatoms. The fourth-order valence-electron chi connectivity index (χ4n) is 3.62. The van der Waals surface area contributed by atoms with Gasteiger partial charge in [0.25, 0.3) is 11.5 Å². The molecule has 4 heterocycles. The molecule has 0 spiro atoms. The first-order chi connectivity index (χ1) is 17.5. The van der Waals surface area contributed by atoms with Crippen molar-refractivity contribution in [2.75, 3.05) is 11.9 Å². The molecule has 0 radical (unpaired) electrons. The zero-order chi connectivity index (χ0) is 25.2. The molecule has 0 aliphatic carbocycles. The maximum Gasteiger partial charge on any atom is 0.267 e. The van der Waals surface area contributed by atoms with Gasteiger partial charge >= 0.3 is 0 Å². The van der Waals surface area contributed by atoms with Gasteiger partial charge in [-0.2, -0.15) is 0 Å². The fraction of sp³-hybridized carbons (Fsp3) is 0.130. The summed E-state index contributed by atoms with van der Waals surface area (Å²) in [6, 6.07) is 14.0. The van der Waals surface area contributed by atoms with Crippen LogP contribution in [-0.4, -0.2) is 41.8 Å². The van der Waals surface area contributed by atoms with Gasteiger partial charge in [0.1, 0.15) is 16.8 Å². The summed E-state index contributed by atoms with van der Waals surface area (Å²) in [4.78, 5) is 30.7. The first-order valence-corrected chi connectivity index (χ1v) is 12.9. The number of aliphatic hydroxyl groups excluding tert-OH is 1. The van der Waals surface area contributed by atoms with Crippen molar-refractivity contribution in [3.05, 3.63) is 86.7 Å². The highest BCUT2D eigenvalue weighted by Gasteiger charge is 2.19. The number of amides is 1. The molecule has 0 saturated heterocycles. The first kappa shape index (κ1) is 24.1. The average Bonchev–Trinajstić information content (AvgIpc) is 3.32. The third kappa shape index (κ3) is 4.63. The summed E-state index contributed by atoms with van der Waals surface area (Å²) >= 11 is 8.83. The number of benzene rings is 1. The highest BCUT2D eigenvalue weighted by molar-refractivity contribution is 8.00. The molecule has 5 aromatic rings. The van der Waals surface area contributed by atoms with Crippen LogP contribution in [-0.2, 0) is 12.3 Å². The van der Waals surface area contributed by atoms with Crippen LogP contribution in [0.2, 0.25) is 5.02 Å². The number of nitrogens with zero attached hydrogens (tertiary/aromatic N) is 5.